The smallest absolute Gasteiger partial charge is 0.342 e. The summed E-state index contributed by atoms with van der Waals surface area (Å²) in [4.78, 5) is 25.9. The van der Waals surface area contributed by atoms with Gasteiger partial charge >= 0.3 is 5.97 Å². The van der Waals surface area contributed by atoms with Gasteiger partial charge in [0.15, 0.2) is 6.61 Å². The average Bonchev–Trinajstić information content (AvgIpc) is 3.25. The number of carbonyl (C=O) groups excluding carboxylic acids is 2. The van der Waals surface area contributed by atoms with Crippen molar-refractivity contribution in [2.75, 3.05) is 6.61 Å². The lowest BCUT2D eigenvalue weighted by molar-refractivity contribution is 0.0471. The molecule has 0 aliphatic heterocycles. The maximum absolute atomic E-state index is 12.5. The van der Waals surface area contributed by atoms with Crippen LogP contribution in [0.4, 0.5) is 0 Å². The van der Waals surface area contributed by atoms with E-state index < -0.39 is 12.6 Å². The van der Waals surface area contributed by atoms with E-state index in [0.29, 0.717) is 17.1 Å². The molecule has 0 saturated heterocycles. The number of halogens is 1. The van der Waals surface area contributed by atoms with Gasteiger partial charge in [-0.3, -0.25) is 4.79 Å². The Bertz CT molecular complexity index is 992. The summed E-state index contributed by atoms with van der Waals surface area (Å²) in [5, 5.41) is 12.1. The Hall–Kier alpha value is -2.57. The lowest BCUT2D eigenvalue weighted by Crippen LogP contribution is -2.15. The number of carbonyl (C=O) groups is 2. The van der Waals surface area contributed by atoms with Crippen molar-refractivity contribution < 1.29 is 19.4 Å². The molecule has 0 spiro atoms. The Kier molecular flexibility index (Phi) is 5.68. The van der Waals surface area contributed by atoms with Gasteiger partial charge in [-0.1, -0.05) is 17.7 Å². The highest BCUT2D eigenvalue weighted by Gasteiger charge is 2.19. The number of aryl methyl sites for hydroxylation is 1. The predicted molar refractivity (Wildman–Crippen MR) is 105 cm³/mol. The highest BCUT2D eigenvalue weighted by atomic mass is 35.5. The topological polar surface area (TPSA) is 68.5 Å². The summed E-state index contributed by atoms with van der Waals surface area (Å²) in [5.74, 6) is -1.34. The molecule has 0 fully saturated rings. The van der Waals surface area contributed by atoms with E-state index in [4.69, 9.17) is 16.3 Å². The number of hydrogen-bond acceptors (Lipinski definition) is 5. The zero-order valence-corrected chi connectivity index (χ0v) is 16.4. The molecule has 3 rings (SSSR count). The van der Waals surface area contributed by atoms with Crippen LogP contribution in [0.25, 0.3) is 0 Å². The molecule has 0 atom stereocenters. The van der Waals surface area contributed by atoms with Gasteiger partial charge in [-0.05, 0) is 49.6 Å². The maximum Gasteiger partial charge on any atom is 0.342 e. The largest absolute Gasteiger partial charge is 0.507 e. The van der Waals surface area contributed by atoms with Crippen molar-refractivity contribution in [3.8, 4) is 5.75 Å². The van der Waals surface area contributed by atoms with E-state index in [1.165, 1.54) is 23.1 Å². The number of phenols is 1. The third kappa shape index (κ3) is 4.23. The Labute approximate surface area is 165 Å². The lowest BCUT2D eigenvalue weighted by atomic mass is 10.1. The van der Waals surface area contributed by atoms with Crippen LogP contribution in [-0.2, 0) is 11.3 Å². The molecule has 0 radical (unpaired) electrons. The number of rotatable bonds is 6. The lowest BCUT2D eigenvalue weighted by Gasteiger charge is -2.09. The van der Waals surface area contributed by atoms with Crippen LogP contribution in [0.3, 0.4) is 0 Å². The molecule has 27 heavy (non-hydrogen) atoms. The van der Waals surface area contributed by atoms with Crippen LogP contribution in [0.2, 0.25) is 5.02 Å². The van der Waals surface area contributed by atoms with E-state index in [-0.39, 0.29) is 17.1 Å². The summed E-state index contributed by atoms with van der Waals surface area (Å²) in [5.41, 5.74) is 2.24. The number of phenolic OH excluding ortho intramolecular Hbond substituents is 1. The van der Waals surface area contributed by atoms with Gasteiger partial charge in [0, 0.05) is 26.9 Å². The van der Waals surface area contributed by atoms with Gasteiger partial charge < -0.3 is 14.4 Å². The van der Waals surface area contributed by atoms with Crippen molar-refractivity contribution in [3.63, 3.8) is 0 Å². The van der Waals surface area contributed by atoms with E-state index in [2.05, 4.69) is 4.57 Å². The molecule has 2 aromatic heterocycles. The minimum atomic E-state index is -0.796. The van der Waals surface area contributed by atoms with Crippen LogP contribution in [0.15, 0.2) is 41.8 Å². The van der Waals surface area contributed by atoms with Gasteiger partial charge in [0.1, 0.15) is 11.3 Å². The number of aromatic hydroxyl groups is 1. The molecule has 0 aliphatic rings. The molecule has 1 aromatic carbocycles. The van der Waals surface area contributed by atoms with Gasteiger partial charge in [-0.25, -0.2) is 4.79 Å². The molecule has 3 aromatic rings. The van der Waals surface area contributed by atoms with Gasteiger partial charge in [0.05, 0.1) is 6.54 Å². The van der Waals surface area contributed by atoms with Gasteiger partial charge in [0.2, 0.25) is 5.78 Å². The van der Waals surface area contributed by atoms with E-state index in [9.17, 15) is 14.7 Å². The fourth-order valence-corrected chi connectivity index (χ4v) is 3.71. The molecule has 2 heterocycles. The number of nitrogens with zero attached hydrogens (tertiary/aromatic N) is 1. The zero-order valence-electron chi connectivity index (χ0n) is 14.9. The molecule has 5 nitrogen and oxygen atoms in total. The summed E-state index contributed by atoms with van der Waals surface area (Å²) in [6, 6.07) is 9.90. The van der Waals surface area contributed by atoms with E-state index in [1.807, 2.05) is 31.4 Å². The molecule has 0 aliphatic carbocycles. The van der Waals surface area contributed by atoms with Crippen LogP contribution < -0.4 is 0 Å². The zero-order chi connectivity index (χ0) is 19.6. The Balaban J connectivity index is 1.71. The van der Waals surface area contributed by atoms with Gasteiger partial charge in [-0.15, -0.1) is 11.3 Å². The summed E-state index contributed by atoms with van der Waals surface area (Å²) >= 11 is 7.49. The number of Topliss-reactive ketones (excluding diaryl/α,β-unsaturated/α-hetero) is 1. The number of esters is 1. The minimum Gasteiger partial charge on any atom is -0.507 e. The number of thiophene rings is 1. The fraction of sp³-hybridized carbons (Fsp3) is 0.200. The molecule has 0 unspecified atom stereocenters. The third-order valence-electron chi connectivity index (χ3n) is 4.28. The molecule has 0 amide bonds. The second-order valence-corrected chi connectivity index (χ2v) is 7.58. The fourth-order valence-electron chi connectivity index (χ4n) is 2.84. The maximum atomic E-state index is 12.5. The summed E-state index contributed by atoms with van der Waals surface area (Å²) in [6.07, 6.45) is 0. The van der Waals surface area contributed by atoms with Crippen molar-refractivity contribution in [1.82, 2.24) is 4.57 Å². The summed E-state index contributed by atoms with van der Waals surface area (Å²) in [6.45, 7) is 4.10. The van der Waals surface area contributed by atoms with Crippen molar-refractivity contribution in [2.45, 2.75) is 20.4 Å². The molecule has 140 valence electrons. The highest BCUT2D eigenvalue weighted by Crippen LogP contribution is 2.23. The van der Waals surface area contributed by atoms with E-state index >= 15 is 0 Å². The van der Waals surface area contributed by atoms with Crippen LogP contribution in [0, 0.1) is 13.8 Å². The van der Waals surface area contributed by atoms with Gasteiger partial charge in [-0.2, -0.15) is 0 Å². The van der Waals surface area contributed by atoms with E-state index in [1.54, 1.807) is 17.4 Å². The third-order valence-corrected chi connectivity index (χ3v) is 5.38. The first-order valence-corrected chi connectivity index (χ1v) is 9.50. The SMILES string of the molecule is Cc1cc(C(=O)COC(=O)c2cc(Cl)ccc2O)c(C)n1Cc1cccs1. The first-order chi connectivity index (χ1) is 12.9. The predicted octanol–water partition coefficient (Wildman–Crippen LogP) is 4.61. The number of hydrogen-bond donors (Lipinski definition) is 1. The Morgan fingerprint density at radius 3 is 2.67 bits per heavy atom. The standard InChI is InChI=1S/C20H18ClNO4S/c1-12-8-16(13(2)22(12)10-15-4-3-7-27-15)19(24)11-26-20(25)17-9-14(21)5-6-18(17)23/h3-9,23H,10-11H2,1-2H3. The van der Waals surface area contributed by atoms with Crippen molar-refractivity contribution in [2.24, 2.45) is 0 Å². The molecule has 1 N–H and O–H groups in total. The van der Waals surface area contributed by atoms with Crippen LogP contribution in [0.1, 0.15) is 37.0 Å². The minimum absolute atomic E-state index is 0.0709. The first-order valence-electron chi connectivity index (χ1n) is 8.24. The number of benzene rings is 1. The Morgan fingerprint density at radius 2 is 1.96 bits per heavy atom. The molecular weight excluding hydrogens is 386 g/mol. The highest BCUT2D eigenvalue weighted by molar-refractivity contribution is 7.09. The normalized spacial score (nSPS) is 10.8. The van der Waals surface area contributed by atoms with Gasteiger partial charge in [0.25, 0.3) is 0 Å². The molecule has 0 saturated carbocycles. The first kappa shape index (κ1) is 19.2. The second-order valence-electron chi connectivity index (χ2n) is 6.11. The van der Waals surface area contributed by atoms with E-state index in [0.717, 1.165) is 11.4 Å². The monoisotopic (exact) mass is 403 g/mol. The number of aromatic nitrogens is 1. The van der Waals surface area contributed by atoms with Crippen molar-refractivity contribution in [1.29, 1.82) is 0 Å². The quantitative estimate of drug-likeness (QED) is 0.482. The van der Waals surface area contributed by atoms with Crippen molar-refractivity contribution in [3.05, 3.63) is 74.2 Å². The number of ether oxygens (including phenoxy) is 1. The molecule has 7 heteroatoms. The van der Waals surface area contributed by atoms with Crippen LogP contribution in [0.5, 0.6) is 5.75 Å². The van der Waals surface area contributed by atoms with Crippen LogP contribution in [-0.4, -0.2) is 28.0 Å². The second kappa shape index (κ2) is 7.98. The summed E-state index contributed by atoms with van der Waals surface area (Å²) < 4.78 is 7.14. The average molecular weight is 404 g/mol. The summed E-state index contributed by atoms with van der Waals surface area (Å²) in [7, 11) is 0. The molecular formula is C20H18ClNO4S. The number of ketones is 1. The van der Waals surface area contributed by atoms with Crippen LogP contribution >= 0.6 is 22.9 Å². The van der Waals surface area contributed by atoms with Crippen molar-refractivity contribution >= 4 is 34.7 Å². The molecule has 0 bridgehead atoms. The Morgan fingerprint density at radius 1 is 1.19 bits per heavy atom.